The van der Waals surface area contributed by atoms with Crippen LogP contribution in [0.4, 0.5) is 0 Å². The zero-order valence-corrected chi connectivity index (χ0v) is 13.0. The molecule has 6 nitrogen and oxygen atoms in total. The minimum Gasteiger partial charge on any atom is -0.460 e. The maximum absolute atomic E-state index is 11.8. The minimum absolute atomic E-state index is 0.153. The normalized spacial score (nSPS) is 20.5. The molecule has 2 aromatic heterocycles. The van der Waals surface area contributed by atoms with Gasteiger partial charge >= 0.3 is 0 Å². The fourth-order valence-corrected chi connectivity index (χ4v) is 2.53. The topological polar surface area (TPSA) is 72.4 Å². The Labute approximate surface area is 129 Å². The summed E-state index contributed by atoms with van der Waals surface area (Å²) in [5, 5.41) is 8.17. The molecule has 1 aliphatic carbocycles. The lowest BCUT2D eigenvalue weighted by Crippen LogP contribution is -2.24. The first-order valence-electron chi connectivity index (χ1n) is 7.45. The SMILES string of the molecule is Cc1cc(C)n(CC(=O)N/N=C\c2ccc([C@H]3C[C@@H]3C)o2)n1. The largest absolute Gasteiger partial charge is 0.460 e. The summed E-state index contributed by atoms with van der Waals surface area (Å²) in [5.74, 6) is 2.69. The summed E-state index contributed by atoms with van der Waals surface area (Å²) < 4.78 is 7.33. The highest BCUT2D eigenvalue weighted by molar-refractivity contribution is 5.80. The van der Waals surface area contributed by atoms with E-state index in [0.29, 0.717) is 17.6 Å². The van der Waals surface area contributed by atoms with Gasteiger partial charge in [0.1, 0.15) is 18.1 Å². The van der Waals surface area contributed by atoms with Gasteiger partial charge in [-0.25, -0.2) is 5.43 Å². The zero-order valence-electron chi connectivity index (χ0n) is 13.0. The van der Waals surface area contributed by atoms with Gasteiger partial charge in [-0.1, -0.05) is 6.92 Å². The molecule has 0 bridgehead atoms. The van der Waals surface area contributed by atoms with E-state index in [1.807, 2.05) is 32.0 Å². The Kier molecular flexibility index (Phi) is 3.83. The number of nitrogens with zero attached hydrogens (tertiary/aromatic N) is 3. The van der Waals surface area contributed by atoms with Gasteiger partial charge < -0.3 is 4.42 Å². The van der Waals surface area contributed by atoms with Crippen molar-refractivity contribution in [2.45, 2.75) is 39.7 Å². The van der Waals surface area contributed by atoms with E-state index >= 15 is 0 Å². The Morgan fingerprint density at radius 3 is 2.95 bits per heavy atom. The van der Waals surface area contributed by atoms with Gasteiger partial charge in [0, 0.05) is 11.6 Å². The first-order valence-corrected chi connectivity index (χ1v) is 7.45. The van der Waals surface area contributed by atoms with E-state index in [2.05, 4.69) is 22.5 Å². The molecule has 1 N–H and O–H groups in total. The van der Waals surface area contributed by atoms with E-state index < -0.39 is 0 Å². The number of carbonyl (C=O) groups is 1. The second-order valence-electron chi connectivity index (χ2n) is 5.94. The molecule has 0 spiro atoms. The van der Waals surface area contributed by atoms with Crippen LogP contribution in [-0.4, -0.2) is 21.9 Å². The number of hydrazone groups is 1. The molecule has 0 unspecified atom stereocenters. The van der Waals surface area contributed by atoms with Crippen molar-refractivity contribution in [3.63, 3.8) is 0 Å². The molecule has 1 aliphatic rings. The van der Waals surface area contributed by atoms with E-state index in [1.165, 1.54) is 12.6 Å². The van der Waals surface area contributed by atoms with Crippen molar-refractivity contribution in [2.75, 3.05) is 0 Å². The van der Waals surface area contributed by atoms with Crippen molar-refractivity contribution in [1.82, 2.24) is 15.2 Å². The third-order valence-electron chi connectivity index (χ3n) is 3.90. The van der Waals surface area contributed by atoms with Crippen molar-refractivity contribution in [1.29, 1.82) is 0 Å². The quantitative estimate of drug-likeness (QED) is 0.680. The number of nitrogens with one attached hydrogen (secondary N) is 1. The van der Waals surface area contributed by atoms with Gasteiger partial charge in [0.2, 0.25) is 0 Å². The first kappa shape index (κ1) is 14.6. The van der Waals surface area contributed by atoms with Crippen molar-refractivity contribution in [2.24, 2.45) is 11.0 Å². The number of furan rings is 1. The molecule has 0 saturated heterocycles. The molecule has 2 atom stereocenters. The van der Waals surface area contributed by atoms with E-state index in [-0.39, 0.29) is 12.5 Å². The smallest absolute Gasteiger partial charge is 0.261 e. The van der Waals surface area contributed by atoms with Gasteiger partial charge in [0.25, 0.3) is 5.91 Å². The average molecular weight is 300 g/mol. The van der Waals surface area contributed by atoms with Crippen molar-refractivity contribution in [3.05, 3.63) is 41.1 Å². The average Bonchev–Trinajstić information content (AvgIpc) is 2.87. The fraction of sp³-hybridized carbons (Fsp3) is 0.438. The number of amides is 1. The molecule has 2 aromatic rings. The van der Waals surface area contributed by atoms with Crippen LogP contribution in [0.25, 0.3) is 0 Å². The predicted octanol–water partition coefficient (Wildman–Crippen LogP) is 2.37. The number of hydrogen-bond acceptors (Lipinski definition) is 4. The van der Waals surface area contributed by atoms with Crippen LogP contribution >= 0.6 is 0 Å². The summed E-state index contributed by atoms with van der Waals surface area (Å²) in [5.41, 5.74) is 4.33. The molecule has 22 heavy (non-hydrogen) atoms. The Morgan fingerprint density at radius 2 is 2.32 bits per heavy atom. The highest BCUT2D eigenvalue weighted by atomic mass is 16.3. The fourth-order valence-electron chi connectivity index (χ4n) is 2.53. The van der Waals surface area contributed by atoms with Crippen molar-refractivity contribution in [3.8, 4) is 0 Å². The lowest BCUT2D eigenvalue weighted by Gasteiger charge is -2.02. The van der Waals surface area contributed by atoms with Gasteiger partial charge in [-0.15, -0.1) is 0 Å². The molecule has 0 aliphatic heterocycles. The van der Waals surface area contributed by atoms with Crippen LogP contribution in [0, 0.1) is 19.8 Å². The van der Waals surface area contributed by atoms with E-state index in [0.717, 1.165) is 17.1 Å². The molecule has 2 heterocycles. The highest BCUT2D eigenvalue weighted by Gasteiger charge is 2.36. The zero-order chi connectivity index (χ0) is 15.7. The highest BCUT2D eigenvalue weighted by Crippen LogP contribution is 2.47. The molecular weight excluding hydrogens is 280 g/mol. The molecule has 1 amide bonds. The molecule has 0 radical (unpaired) electrons. The summed E-state index contributed by atoms with van der Waals surface area (Å²) in [4.78, 5) is 11.8. The molecule has 1 fully saturated rings. The van der Waals surface area contributed by atoms with Gasteiger partial charge in [-0.3, -0.25) is 9.48 Å². The van der Waals surface area contributed by atoms with E-state index in [1.54, 1.807) is 4.68 Å². The molecular formula is C16H20N4O2. The van der Waals surface area contributed by atoms with E-state index in [9.17, 15) is 4.79 Å². The standard InChI is InChI=1S/C16H20N4O2/c1-10-6-14(10)15-5-4-13(22-15)8-17-18-16(21)9-20-12(3)7-11(2)19-20/h4-5,7-8,10,14H,6,9H2,1-3H3,(H,18,21)/b17-8-/t10-,14-/m0/s1. The summed E-state index contributed by atoms with van der Waals surface area (Å²) in [6, 6.07) is 5.78. The molecule has 0 aromatic carbocycles. The molecule has 116 valence electrons. The number of aromatic nitrogens is 2. The third kappa shape index (κ3) is 3.27. The Morgan fingerprint density at radius 1 is 1.55 bits per heavy atom. The lowest BCUT2D eigenvalue weighted by molar-refractivity contribution is -0.121. The summed E-state index contributed by atoms with van der Waals surface area (Å²) in [6.07, 6.45) is 2.71. The Balaban J connectivity index is 1.52. The molecule has 1 saturated carbocycles. The number of rotatable bonds is 5. The maximum atomic E-state index is 11.8. The number of carbonyl (C=O) groups excluding carboxylic acids is 1. The summed E-state index contributed by atoms with van der Waals surface area (Å²) in [6.45, 7) is 6.18. The van der Waals surface area contributed by atoms with Crippen molar-refractivity contribution < 1.29 is 9.21 Å². The second kappa shape index (κ2) is 5.79. The van der Waals surface area contributed by atoms with Crippen LogP contribution in [0.2, 0.25) is 0 Å². The van der Waals surface area contributed by atoms with Crippen LogP contribution < -0.4 is 5.43 Å². The Hall–Kier alpha value is -2.37. The first-order chi connectivity index (χ1) is 10.5. The van der Waals surface area contributed by atoms with Crippen molar-refractivity contribution >= 4 is 12.1 Å². The van der Waals surface area contributed by atoms with Crippen LogP contribution in [0.1, 0.15) is 42.2 Å². The van der Waals surface area contributed by atoms with Gasteiger partial charge in [-0.05, 0) is 44.4 Å². The monoisotopic (exact) mass is 300 g/mol. The van der Waals surface area contributed by atoms with Crippen LogP contribution in [0.3, 0.4) is 0 Å². The summed E-state index contributed by atoms with van der Waals surface area (Å²) >= 11 is 0. The molecule has 3 rings (SSSR count). The van der Waals surface area contributed by atoms with E-state index in [4.69, 9.17) is 4.42 Å². The maximum Gasteiger partial charge on any atom is 0.261 e. The van der Waals surface area contributed by atoms with Gasteiger partial charge in [0.15, 0.2) is 0 Å². The summed E-state index contributed by atoms with van der Waals surface area (Å²) in [7, 11) is 0. The third-order valence-corrected chi connectivity index (χ3v) is 3.90. The lowest BCUT2D eigenvalue weighted by atomic mass is 10.3. The number of hydrogen-bond donors (Lipinski definition) is 1. The minimum atomic E-state index is -0.218. The number of aryl methyl sites for hydroxylation is 2. The molecule has 6 heteroatoms. The second-order valence-corrected chi connectivity index (χ2v) is 5.94. The van der Waals surface area contributed by atoms with Gasteiger partial charge in [0.05, 0.1) is 11.9 Å². The van der Waals surface area contributed by atoms with Crippen LogP contribution in [0.15, 0.2) is 27.7 Å². The Bertz CT molecular complexity index is 714. The van der Waals surface area contributed by atoms with Gasteiger partial charge in [-0.2, -0.15) is 10.2 Å². The predicted molar refractivity (Wildman–Crippen MR) is 82.7 cm³/mol. The van der Waals surface area contributed by atoms with Crippen LogP contribution in [0.5, 0.6) is 0 Å². The van der Waals surface area contributed by atoms with Crippen LogP contribution in [-0.2, 0) is 11.3 Å².